The van der Waals surface area contributed by atoms with Crippen molar-refractivity contribution in [2.24, 2.45) is 0 Å². The highest BCUT2D eigenvalue weighted by Gasteiger charge is 2.36. The lowest BCUT2D eigenvalue weighted by Gasteiger charge is -2.41. The van der Waals surface area contributed by atoms with Gasteiger partial charge in [0.15, 0.2) is 0 Å². The highest BCUT2D eigenvalue weighted by molar-refractivity contribution is 7.91. The van der Waals surface area contributed by atoms with Gasteiger partial charge < -0.3 is 5.11 Å². The van der Waals surface area contributed by atoms with Crippen LogP contribution < -0.4 is 4.72 Å². The van der Waals surface area contributed by atoms with Gasteiger partial charge in [0.1, 0.15) is 4.21 Å². The van der Waals surface area contributed by atoms with Crippen molar-refractivity contribution in [1.82, 2.24) is 9.62 Å². The van der Waals surface area contributed by atoms with Crippen LogP contribution in [0.5, 0.6) is 0 Å². The summed E-state index contributed by atoms with van der Waals surface area (Å²) in [5.41, 5.74) is 0.982. The molecular weight excluding hydrogens is 324 g/mol. The summed E-state index contributed by atoms with van der Waals surface area (Å²) in [7, 11) is -3.47. The van der Waals surface area contributed by atoms with Gasteiger partial charge in [-0.1, -0.05) is 6.92 Å². The first-order valence-electron chi connectivity index (χ1n) is 7.28. The minimum atomic E-state index is -3.47. The zero-order valence-corrected chi connectivity index (χ0v) is 14.6. The number of hydrogen-bond acceptors (Lipinski definition) is 5. The SMILES string of the molecule is CCN(CC(=O)O)C1CC(NS(=O)(=O)c2cc(C)c(C)s2)C1. The Balaban J connectivity index is 1.92. The third-order valence-corrected chi connectivity index (χ3v) is 7.25. The molecular formula is C14H22N2O4S2. The molecule has 0 aromatic carbocycles. The fraction of sp³-hybridized carbons (Fsp3) is 0.643. The van der Waals surface area contributed by atoms with Crippen LogP contribution in [0.15, 0.2) is 10.3 Å². The largest absolute Gasteiger partial charge is 0.480 e. The monoisotopic (exact) mass is 346 g/mol. The Labute approximate surface area is 135 Å². The number of sulfonamides is 1. The van der Waals surface area contributed by atoms with Gasteiger partial charge in [-0.05, 0) is 44.9 Å². The predicted molar refractivity (Wildman–Crippen MR) is 85.8 cm³/mol. The van der Waals surface area contributed by atoms with Crippen molar-refractivity contribution in [3.05, 3.63) is 16.5 Å². The van der Waals surface area contributed by atoms with Crippen LogP contribution in [-0.4, -0.2) is 49.6 Å². The first kappa shape index (κ1) is 17.4. The number of rotatable bonds is 7. The number of aryl methyl sites for hydroxylation is 2. The van der Waals surface area contributed by atoms with Gasteiger partial charge in [0.05, 0.1) is 6.54 Å². The number of likely N-dealkylation sites (N-methyl/N-ethyl adjacent to an activating group) is 1. The Bertz CT molecular complexity index is 628. The summed E-state index contributed by atoms with van der Waals surface area (Å²) in [6, 6.07) is 1.72. The lowest BCUT2D eigenvalue weighted by molar-refractivity contribution is -0.139. The maximum absolute atomic E-state index is 12.3. The third-order valence-electron chi connectivity index (χ3n) is 4.10. The number of hydrogen-bond donors (Lipinski definition) is 2. The van der Waals surface area contributed by atoms with Gasteiger partial charge in [-0.15, -0.1) is 11.3 Å². The van der Waals surface area contributed by atoms with Gasteiger partial charge >= 0.3 is 5.97 Å². The molecule has 22 heavy (non-hydrogen) atoms. The van der Waals surface area contributed by atoms with Crippen molar-refractivity contribution in [3.63, 3.8) is 0 Å². The van der Waals surface area contributed by atoms with E-state index in [2.05, 4.69) is 4.72 Å². The Kier molecular flexibility index (Phi) is 5.26. The second kappa shape index (κ2) is 6.66. The Morgan fingerprint density at radius 3 is 2.55 bits per heavy atom. The number of carboxylic acid groups (broad SMARTS) is 1. The molecule has 1 aliphatic rings. The minimum Gasteiger partial charge on any atom is -0.480 e. The summed E-state index contributed by atoms with van der Waals surface area (Å²) < 4.78 is 27.7. The number of carbonyl (C=O) groups is 1. The molecule has 6 nitrogen and oxygen atoms in total. The van der Waals surface area contributed by atoms with Crippen LogP contribution in [0.3, 0.4) is 0 Å². The van der Waals surface area contributed by atoms with Crippen molar-refractivity contribution in [3.8, 4) is 0 Å². The standard InChI is InChI=1S/C14H22N2O4S2/c1-4-16(8-13(17)18)12-6-11(7-12)15-22(19,20)14-5-9(2)10(3)21-14/h5,11-12,15H,4,6-8H2,1-3H3,(H,17,18). The fourth-order valence-electron chi connectivity index (χ4n) is 2.60. The van der Waals surface area contributed by atoms with E-state index in [0.29, 0.717) is 23.6 Å². The van der Waals surface area contributed by atoms with E-state index in [-0.39, 0.29) is 18.6 Å². The smallest absolute Gasteiger partial charge is 0.317 e. The number of nitrogens with zero attached hydrogens (tertiary/aromatic N) is 1. The van der Waals surface area contributed by atoms with Crippen LogP contribution in [0.4, 0.5) is 0 Å². The molecule has 2 N–H and O–H groups in total. The number of carboxylic acids is 1. The summed E-state index contributed by atoms with van der Waals surface area (Å²) in [4.78, 5) is 13.7. The maximum atomic E-state index is 12.3. The van der Waals surface area contributed by atoms with Crippen molar-refractivity contribution < 1.29 is 18.3 Å². The molecule has 124 valence electrons. The molecule has 0 saturated heterocycles. The minimum absolute atomic E-state index is 0.00392. The summed E-state index contributed by atoms with van der Waals surface area (Å²) in [6.45, 7) is 6.38. The van der Waals surface area contributed by atoms with Gasteiger partial charge in [-0.3, -0.25) is 9.69 Å². The number of aliphatic carboxylic acids is 1. The van der Waals surface area contributed by atoms with Gasteiger partial charge in [0.2, 0.25) is 10.0 Å². The molecule has 1 aliphatic carbocycles. The highest BCUT2D eigenvalue weighted by atomic mass is 32.2. The predicted octanol–water partition coefficient (Wildman–Crippen LogP) is 1.58. The summed E-state index contributed by atoms with van der Waals surface area (Å²) in [6.07, 6.45) is 1.31. The molecule has 0 aliphatic heterocycles. The molecule has 1 heterocycles. The van der Waals surface area contributed by atoms with Crippen LogP contribution >= 0.6 is 11.3 Å². The van der Waals surface area contributed by atoms with E-state index in [4.69, 9.17) is 5.11 Å². The molecule has 0 amide bonds. The van der Waals surface area contributed by atoms with E-state index in [1.165, 1.54) is 11.3 Å². The average molecular weight is 346 g/mol. The third kappa shape index (κ3) is 3.87. The Hall–Kier alpha value is -0.960. The zero-order chi connectivity index (χ0) is 16.5. The van der Waals surface area contributed by atoms with E-state index in [9.17, 15) is 13.2 Å². The van der Waals surface area contributed by atoms with Gasteiger partial charge in [0, 0.05) is 17.0 Å². The van der Waals surface area contributed by atoms with Crippen molar-refractivity contribution in [1.29, 1.82) is 0 Å². The molecule has 0 unspecified atom stereocenters. The summed E-state index contributed by atoms with van der Waals surface area (Å²) in [5.74, 6) is -0.851. The first-order chi connectivity index (χ1) is 10.2. The van der Waals surface area contributed by atoms with Crippen molar-refractivity contribution >= 4 is 27.3 Å². The molecule has 0 spiro atoms. The Morgan fingerprint density at radius 1 is 1.45 bits per heavy atom. The lowest BCUT2D eigenvalue weighted by atomic mass is 9.86. The van der Waals surface area contributed by atoms with Crippen LogP contribution in [0.25, 0.3) is 0 Å². The van der Waals surface area contributed by atoms with Gasteiger partial charge in [0.25, 0.3) is 0 Å². The fourth-order valence-corrected chi connectivity index (χ4v) is 5.40. The average Bonchev–Trinajstić information content (AvgIpc) is 2.72. The highest BCUT2D eigenvalue weighted by Crippen LogP contribution is 2.29. The molecule has 2 rings (SSSR count). The molecule has 1 aromatic rings. The molecule has 1 aromatic heterocycles. The molecule has 0 bridgehead atoms. The second-order valence-corrected chi connectivity index (χ2v) is 8.90. The molecule has 1 fully saturated rings. The van der Waals surface area contributed by atoms with E-state index >= 15 is 0 Å². The van der Waals surface area contributed by atoms with Crippen LogP contribution in [0.2, 0.25) is 0 Å². The Morgan fingerprint density at radius 2 is 2.09 bits per heavy atom. The van der Waals surface area contributed by atoms with Crippen LogP contribution in [0, 0.1) is 13.8 Å². The first-order valence-corrected chi connectivity index (χ1v) is 9.58. The molecule has 0 atom stereocenters. The maximum Gasteiger partial charge on any atom is 0.317 e. The van der Waals surface area contributed by atoms with Crippen molar-refractivity contribution in [2.45, 2.75) is 49.9 Å². The van der Waals surface area contributed by atoms with Gasteiger partial charge in [-0.25, -0.2) is 13.1 Å². The van der Waals surface area contributed by atoms with Crippen molar-refractivity contribution in [2.75, 3.05) is 13.1 Å². The topological polar surface area (TPSA) is 86.7 Å². The van der Waals surface area contributed by atoms with E-state index < -0.39 is 16.0 Å². The molecule has 8 heteroatoms. The zero-order valence-electron chi connectivity index (χ0n) is 13.0. The lowest BCUT2D eigenvalue weighted by Crippen LogP contribution is -2.54. The van der Waals surface area contributed by atoms with E-state index in [1.807, 2.05) is 25.7 Å². The molecule has 0 radical (unpaired) electrons. The van der Waals surface area contributed by atoms with Crippen LogP contribution in [-0.2, 0) is 14.8 Å². The van der Waals surface area contributed by atoms with E-state index in [1.54, 1.807) is 6.07 Å². The van der Waals surface area contributed by atoms with E-state index in [0.717, 1.165) is 10.4 Å². The molecule has 1 saturated carbocycles. The second-order valence-electron chi connectivity index (χ2n) is 5.70. The summed E-state index contributed by atoms with van der Waals surface area (Å²) in [5, 5.41) is 8.86. The van der Waals surface area contributed by atoms with Crippen LogP contribution in [0.1, 0.15) is 30.2 Å². The van der Waals surface area contributed by atoms with Gasteiger partial charge in [-0.2, -0.15) is 0 Å². The number of thiophene rings is 1. The number of nitrogens with one attached hydrogen (secondary N) is 1. The summed E-state index contributed by atoms with van der Waals surface area (Å²) >= 11 is 1.28. The quantitative estimate of drug-likeness (QED) is 0.783. The normalized spacial score (nSPS) is 21.8.